The minimum Gasteiger partial charge on any atom is -0.455 e. The summed E-state index contributed by atoms with van der Waals surface area (Å²) in [5, 5.41) is 3.64. The predicted molar refractivity (Wildman–Crippen MR) is 115 cm³/mol. The first-order valence-electron chi connectivity index (χ1n) is 9.77. The van der Waals surface area contributed by atoms with Gasteiger partial charge in [-0.05, 0) is 49.7 Å². The maximum absolute atomic E-state index is 12.3. The molecule has 0 saturated heterocycles. The van der Waals surface area contributed by atoms with Crippen LogP contribution in [-0.4, -0.2) is 28.4 Å². The van der Waals surface area contributed by atoms with E-state index in [9.17, 15) is 4.79 Å². The lowest BCUT2D eigenvalue weighted by Crippen LogP contribution is -2.29. The van der Waals surface area contributed by atoms with Crippen LogP contribution >= 0.6 is 11.6 Å². The van der Waals surface area contributed by atoms with Crippen molar-refractivity contribution < 1.29 is 9.21 Å². The Morgan fingerprint density at radius 2 is 1.90 bits per heavy atom. The zero-order valence-electron chi connectivity index (χ0n) is 16.8. The van der Waals surface area contributed by atoms with Crippen molar-refractivity contribution in [3.05, 3.63) is 88.6 Å². The molecule has 0 aliphatic heterocycles. The number of hydrogen-bond acceptors (Lipinski definition) is 4. The number of halogens is 1. The van der Waals surface area contributed by atoms with Gasteiger partial charge >= 0.3 is 0 Å². The quantitative estimate of drug-likeness (QED) is 0.554. The van der Waals surface area contributed by atoms with Gasteiger partial charge in [0.1, 0.15) is 5.76 Å². The van der Waals surface area contributed by atoms with E-state index < -0.39 is 0 Å². The van der Waals surface area contributed by atoms with Gasteiger partial charge in [0.25, 0.3) is 5.91 Å². The fraction of sp³-hybridized carbons (Fsp3) is 0.304. The van der Waals surface area contributed by atoms with E-state index in [1.54, 1.807) is 12.3 Å². The number of nitrogens with zero attached hydrogens (tertiary/aromatic N) is 2. The summed E-state index contributed by atoms with van der Waals surface area (Å²) in [6.45, 7) is 6.08. The molecule has 0 bridgehead atoms. The van der Waals surface area contributed by atoms with Gasteiger partial charge in [-0.1, -0.05) is 35.9 Å². The first kappa shape index (κ1) is 21.1. The Morgan fingerprint density at radius 1 is 1.10 bits per heavy atom. The summed E-state index contributed by atoms with van der Waals surface area (Å²) in [5.41, 5.74) is 2.02. The highest BCUT2D eigenvalue weighted by Gasteiger charge is 2.16. The molecule has 0 aliphatic carbocycles. The summed E-state index contributed by atoms with van der Waals surface area (Å²) >= 11 is 6.31. The Morgan fingerprint density at radius 3 is 2.62 bits per heavy atom. The molecule has 5 nitrogen and oxygen atoms in total. The van der Waals surface area contributed by atoms with Gasteiger partial charge in [-0.2, -0.15) is 0 Å². The van der Waals surface area contributed by atoms with Crippen LogP contribution in [0, 0.1) is 0 Å². The van der Waals surface area contributed by atoms with Crippen molar-refractivity contribution in [3.63, 3.8) is 0 Å². The van der Waals surface area contributed by atoms with Gasteiger partial charge in [0.05, 0.1) is 6.54 Å². The van der Waals surface area contributed by atoms with Gasteiger partial charge in [-0.25, -0.2) is 0 Å². The summed E-state index contributed by atoms with van der Waals surface area (Å²) in [7, 11) is 0. The average molecular weight is 412 g/mol. The number of nitrogens with one attached hydrogen (secondary N) is 1. The number of rotatable bonds is 9. The second kappa shape index (κ2) is 10.2. The third-order valence-electron chi connectivity index (χ3n) is 4.70. The van der Waals surface area contributed by atoms with E-state index in [0.717, 1.165) is 22.0 Å². The molecule has 0 unspecified atom stereocenters. The number of amides is 1. The molecule has 2 aromatic heterocycles. The van der Waals surface area contributed by atoms with Gasteiger partial charge in [-0.15, -0.1) is 0 Å². The largest absolute Gasteiger partial charge is 0.455 e. The molecule has 0 radical (unpaired) electrons. The van der Waals surface area contributed by atoms with E-state index >= 15 is 0 Å². The van der Waals surface area contributed by atoms with Crippen molar-refractivity contribution in [3.8, 4) is 0 Å². The highest BCUT2D eigenvalue weighted by Crippen LogP contribution is 2.20. The number of hydrogen-bond donors (Lipinski definition) is 1. The third kappa shape index (κ3) is 6.17. The first-order chi connectivity index (χ1) is 14.0. The molecule has 3 aromatic rings. The van der Waals surface area contributed by atoms with Crippen molar-refractivity contribution in [1.29, 1.82) is 0 Å². The predicted octanol–water partition coefficient (Wildman–Crippen LogP) is 4.71. The van der Waals surface area contributed by atoms with Crippen LogP contribution in [0.25, 0.3) is 0 Å². The minimum atomic E-state index is -0.214. The number of carbonyl (C=O) groups excluding carboxylic acids is 1. The Bertz CT molecular complexity index is 925. The number of pyridine rings is 1. The van der Waals surface area contributed by atoms with Gasteiger partial charge in [0.15, 0.2) is 5.76 Å². The van der Waals surface area contributed by atoms with E-state index in [4.69, 9.17) is 16.0 Å². The van der Waals surface area contributed by atoms with Crippen LogP contribution in [0.5, 0.6) is 0 Å². The summed E-state index contributed by atoms with van der Waals surface area (Å²) in [6.07, 6.45) is 2.43. The highest BCUT2D eigenvalue weighted by atomic mass is 35.5. The normalized spacial score (nSPS) is 11.2. The first-order valence-corrected chi connectivity index (χ1v) is 10.1. The molecule has 1 amide bonds. The molecule has 0 fully saturated rings. The molecule has 0 saturated carbocycles. The fourth-order valence-corrected chi connectivity index (χ4v) is 3.18. The number of carbonyl (C=O) groups is 1. The van der Waals surface area contributed by atoms with Gasteiger partial charge in [-0.3, -0.25) is 14.7 Å². The second-order valence-electron chi connectivity index (χ2n) is 7.18. The summed E-state index contributed by atoms with van der Waals surface area (Å²) in [4.78, 5) is 18.9. The molecule has 6 heteroatoms. The lowest BCUT2D eigenvalue weighted by atomic mass is 10.2. The molecule has 2 heterocycles. The molecule has 152 valence electrons. The Hall–Kier alpha value is -2.63. The highest BCUT2D eigenvalue weighted by molar-refractivity contribution is 6.31. The zero-order valence-corrected chi connectivity index (χ0v) is 17.5. The molecular weight excluding hydrogens is 386 g/mol. The summed E-state index contributed by atoms with van der Waals surface area (Å²) in [5.74, 6) is 0.859. The molecule has 1 aromatic carbocycles. The number of furan rings is 1. The van der Waals surface area contributed by atoms with Crippen LogP contribution in [0.15, 0.2) is 65.2 Å². The molecule has 3 rings (SSSR count). The van der Waals surface area contributed by atoms with Crippen molar-refractivity contribution in [2.75, 3.05) is 6.54 Å². The standard InChI is InChI=1S/C23H26ClN3O2/c1-17(2)27(15-18-7-3-4-9-21(18)24)16-20-10-11-22(29-20)23(28)26-14-12-19-8-5-6-13-25-19/h3-11,13,17H,12,14-16H2,1-2H3,(H,26,28). The van der Waals surface area contributed by atoms with Crippen LogP contribution in [-0.2, 0) is 19.5 Å². The average Bonchev–Trinajstić information content (AvgIpc) is 3.18. The smallest absolute Gasteiger partial charge is 0.287 e. The molecule has 29 heavy (non-hydrogen) atoms. The molecular formula is C23H26ClN3O2. The van der Waals surface area contributed by atoms with Gasteiger partial charge < -0.3 is 9.73 Å². The second-order valence-corrected chi connectivity index (χ2v) is 7.59. The maximum Gasteiger partial charge on any atom is 0.287 e. The minimum absolute atomic E-state index is 0.214. The van der Waals surface area contributed by atoms with Crippen molar-refractivity contribution in [2.24, 2.45) is 0 Å². The van der Waals surface area contributed by atoms with Gasteiger partial charge in [0, 0.05) is 42.5 Å². The maximum atomic E-state index is 12.3. The topological polar surface area (TPSA) is 58.4 Å². The van der Waals surface area contributed by atoms with Crippen LogP contribution in [0.2, 0.25) is 5.02 Å². The summed E-state index contributed by atoms with van der Waals surface area (Å²) < 4.78 is 5.79. The van der Waals surface area contributed by atoms with Crippen molar-refractivity contribution in [2.45, 2.75) is 39.4 Å². The van der Waals surface area contributed by atoms with Crippen LogP contribution in [0.3, 0.4) is 0 Å². The van der Waals surface area contributed by atoms with Crippen LogP contribution < -0.4 is 5.32 Å². The lowest BCUT2D eigenvalue weighted by Gasteiger charge is -2.26. The molecule has 1 N–H and O–H groups in total. The Balaban J connectivity index is 1.56. The van der Waals surface area contributed by atoms with Crippen molar-refractivity contribution >= 4 is 17.5 Å². The third-order valence-corrected chi connectivity index (χ3v) is 5.07. The Labute approximate surface area is 176 Å². The van der Waals surface area contributed by atoms with E-state index in [-0.39, 0.29) is 5.91 Å². The van der Waals surface area contributed by atoms with E-state index in [1.807, 2.05) is 48.5 Å². The van der Waals surface area contributed by atoms with Crippen molar-refractivity contribution in [1.82, 2.24) is 15.2 Å². The van der Waals surface area contributed by atoms with Crippen LogP contribution in [0.4, 0.5) is 0 Å². The van der Waals surface area contributed by atoms with E-state index in [1.165, 1.54) is 0 Å². The molecule has 0 spiro atoms. The van der Waals surface area contributed by atoms with E-state index in [2.05, 4.69) is 29.0 Å². The lowest BCUT2D eigenvalue weighted by molar-refractivity contribution is 0.0921. The molecule has 0 aliphatic rings. The zero-order chi connectivity index (χ0) is 20.6. The number of aromatic nitrogens is 1. The summed E-state index contributed by atoms with van der Waals surface area (Å²) in [6, 6.07) is 17.5. The molecule has 0 atom stereocenters. The number of benzene rings is 1. The van der Waals surface area contributed by atoms with Crippen LogP contribution in [0.1, 0.15) is 41.4 Å². The monoisotopic (exact) mass is 411 g/mol. The van der Waals surface area contributed by atoms with E-state index in [0.29, 0.717) is 37.9 Å². The fourth-order valence-electron chi connectivity index (χ4n) is 2.99. The Kier molecular flexibility index (Phi) is 7.44. The van der Waals surface area contributed by atoms with Gasteiger partial charge in [0.2, 0.25) is 0 Å². The SMILES string of the molecule is CC(C)N(Cc1ccc(C(=O)NCCc2ccccn2)o1)Cc1ccccc1Cl.